The Balaban J connectivity index is 2.04. The highest BCUT2D eigenvalue weighted by atomic mass is 79.9. The topological polar surface area (TPSA) is 0 Å². The minimum Gasteiger partial charge on any atom is -0.0885 e. The molecule has 1 spiro atoms. The molecule has 0 aromatic carbocycles. The van der Waals surface area contributed by atoms with Gasteiger partial charge >= 0.3 is 0 Å². The second kappa shape index (κ2) is 3.69. The predicted octanol–water partition coefficient (Wildman–Crippen LogP) is 4.27. The molecule has 0 heterocycles. The molecular weight excluding hydrogens is 212 g/mol. The van der Waals surface area contributed by atoms with Crippen LogP contribution in [0.4, 0.5) is 0 Å². The first kappa shape index (κ1) is 9.05. The number of hydrogen-bond acceptors (Lipinski definition) is 0. The lowest BCUT2D eigenvalue weighted by molar-refractivity contribution is 0.136. The Morgan fingerprint density at radius 3 is 2.08 bits per heavy atom. The van der Waals surface area contributed by atoms with Crippen molar-refractivity contribution in [1.29, 1.82) is 0 Å². The molecule has 2 aliphatic rings. The fourth-order valence-corrected chi connectivity index (χ4v) is 4.09. The summed E-state index contributed by atoms with van der Waals surface area (Å²) < 4.78 is 0. The van der Waals surface area contributed by atoms with E-state index in [2.05, 4.69) is 15.9 Å². The average Bonchev–Trinajstić information content (AvgIpc) is 2.12. The summed E-state index contributed by atoms with van der Waals surface area (Å²) in [4.78, 5) is 0.846. The molecule has 0 nitrogen and oxygen atoms in total. The van der Waals surface area contributed by atoms with E-state index in [4.69, 9.17) is 0 Å². The normalized spacial score (nSPS) is 35.2. The molecule has 0 aromatic rings. The van der Waals surface area contributed by atoms with Crippen molar-refractivity contribution >= 4 is 15.9 Å². The summed E-state index contributed by atoms with van der Waals surface area (Å²) in [7, 11) is 0. The first-order chi connectivity index (χ1) is 5.83. The molecule has 1 unspecified atom stereocenters. The van der Waals surface area contributed by atoms with Gasteiger partial charge in [-0.1, -0.05) is 48.0 Å². The summed E-state index contributed by atoms with van der Waals surface area (Å²) in [5, 5.41) is 0. The molecule has 0 saturated heterocycles. The van der Waals surface area contributed by atoms with Crippen molar-refractivity contribution in [2.24, 2.45) is 5.41 Å². The van der Waals surface area contributed by atoms with E-state index in [9.17, 15) is 0 Å². The number of hydrogen-bond donors (Lipinski definition) is 0. The van der Waals surface area contributed by atoms with E-state index in [0.717, 1.165) is 10.2 Å². The van der Waals surface area contributed by atoms with Crippen LogP contribution in [0.5, 0.6) is 0 Å². The second-order valence-corrected chi connectivity index (χ2v) is 5.74. The molecule has 2 rings (SSSR count). The molecule has 12 heavy (non-hydrogen) atoms. The van der Waals surface area contributed by atoms with Gasteiger partial charge in [0.25, 0.3) is 0 Å². The molecule has 0 aromatic heterocycles. The Hall–Kier alpha value is 0.480. The van der Waals surface area contributed by atoms with Gasteiger partial charge in [-0.3, -0.25) is 0 Å². The zero-order chi connectivity index (χ0) is 8.44. The maximum Gasteiger partial charge on any atom is 0.0202 e. The highest BCUT2D eigenvalue weighted by Gasteiger charge is 2.39. The minimum absolute atomic E-state index is 0.733. The molecule has 0 amide bonds. The van der Waals surface area contributed by atoms with Crippen molar-refractivity contribution in [2.75, 3.05) is 0 Å². The van der Waals surface area contributed by atoms with E-state index in [-0.39, 0.29) is 0 Å². The van der Waals surface area contributed by atoms with Crippen LogP contribution in [0, 0.1) is 5.41 Å². The predicted molar refractivity (Wildman–Crippen MR) is 56.7 cm³/mol. The van der Waals surface area contributed by atoms with Crippen LogP contribution in [0.25, 0.3) is 0 Å². The average molecular weight is 231 g/mol. The van der Waals surface area contributed by atoms with Crippen LogP contribution in [0.15, 0.2) is 0 Å². The molecule has 1 heteroatoms. The molecule has 0 N–H and O–H groups in total. The fourth-order valence-electron chi connectivity index (χ4n) is 3.08. The molecule has 2 fully saturated rings. The van der Waals surface area contributed by atoms with E-state index in [1.807, 2.05) is 0 Å². The van der Waals surface area contributed by atoms with Crippen molar-refractivity contribution in [3.05, 3.63) is 0 Å². The molecule has 1 atom stereocenters. The van der Waals surface area contributed by atoms with Gasteiger partial charge in [0.15, 0.2) is 0 Å². The standard InChI is InChI=1S/C11H19Br/c12-10-6-2-5-9-11(10)7-3-1-4-8-11/h10H,1-9H2. The van der Waals surface area contributed by atoms with Gasteiger partial charge in [-0.2, -0.15) is 0 Å². The summed E-state index contributed by atoms with van der Waals surface area (Å²) in [5.41, 5.74) is 0.733. The van der Waals surface area contributed by atoms with Crippen molar-refractivity contribution in [2.45, 2.75) is 62.6 Å². The van der Waals surface area contributed by atoms with E-state index < -0.39 is 0 Å². The van der Waals surface area contributed by atoms with Crippen molar-refractivity contribution in [3.63, 3.8) is 0 Å². The van der Waals surface area contributed by atoms with Gasteiger partial charge in [0.05, 0.1) is 0 Å². The summed E-state index contributed by atoms with van der Waals surface area (Å²) in [6.45, 7) is 0. The van der Waals surface area contributed by atoms with Gasteiger partial charge in [0, 0.05) is 4.83 Å². The Morgan fingerprint density at radius 2 is 1.42 bits per heavy atom. The Morgan fingerprint density at radius 1 is 0.833 bits per heavy atom. The van der Waals surface area contributed by atoms with E-state index in [0.29, 0.717) is 0 Å². The van der Waals surface area contributed by atoms with Crippen molar-refractivity contribution < 1.29 is 0 Å². The molecular formula is C11H19Br. The lowest BCUT2D eigenvalue weighted by Gasteiger charge is -2.44. The largest absolute Gasteiger partial charge is 0.0885 e. The molecule has 0 aliphatic heterocycles. The Labute approximate surface area is 84.2 Å². The fraction of sp³-hybridized carbons (Fsp3) is 1.00. The lowest BCUT2D eigenvalue weighted by Crippen LogP contribution is -2.36. The number of alkyl halides is 1. The maximum absolute atomic E-state index is 3.91. The first-order valence-corrected chi connectivity index (χ1v) is 6.39. The van der Waals surface area contributed by atoms with E-state index in [1.165, 1.54) is 57.8 Å². The third-order valence-corrected chi connectivity index (χ3v) is 5.33. The molecule has 0 bridgehead atoms. The van der Waals surface area contributed by atoms with Gasteiger partial charge in [-0.15, -0.1) is 0 Å². The first-order valence-electron chi connectivity index (χ1n) is 5.48. The van der Waals surface area contributed by atoms with Crippen molar-refractivity contribution in [3.8, 4) is 0 Å². The Kier molecular flexibility index (Phi) is 2.78. The summed E-state index contributed by atoms with van der Waals surface area (Å²) in [5.74, 6) is 0. The third-order valence-electron chi connectivity index (χ3n) is 3.90. The van der Waals surface area contributed by atoms with Crippen LogP contribution < -0.4 is 0 Å². The Bertz CT molecular complexity index is 139. The van der Waals surface area contributed by atoms with Gasteiger partial charge < -0.3 is 0 Å². The summed E-state index contributed by atoms with van der Waals surface area (Å²) >= 11 is 3.91. The molecule has 0 radical (unpaired) electrons. The van der Waals surface area contributed by atoms with Crippen LogP contribution in [0.3, 0.4) is 0 Å². The lowest BCUT2D eigenvalue weighted by atomic mass is 9.65. The van der Waals surface area contributed by atoms with Crippen LogP contribution in [-0.2, 0) is 0 Å². The minimum atomic E-state index is 0.733. The highest BCUT2D eigenvalue weighted by Crippen LogP contribution is 2.50. The summed E-state index contributed by atoms with van der Waals surface area (Å²) in [6, 6.07) is 0. The van der Waals surface area contributed by atoms with Gasteiger partial charge in [-0.05, 0) is 31.1 Å². The SMILES string of the molecule is BrC1CCCCC12CCCCC2. The van der Waals surface area contributed by atoms with Crippen molar-refractivity contribution in [1.82, 2.24) is 0 Å². The molecule has 70 valence electrons. The van der Waals surface area contributed by atoms with Crippen LogP contribution in [0.2, 0.25) is 0 Å². The van der Waals surface area contributed by atoms with Crippen LogP contribution in [-0.4, -0.2) is 4.83 Å². The zero-order valence-corrected chi connectivity index (χ0v) is 9.41. The maximum atomic E-state index is 3.91. The molecule has 2 aliphatic carbocycles. The quantitative estimate of drug-likeness (QED) is 0.546. The van der Waals surface area contributed by atoms with E-state index in [1.54, 1.807) is 0 Å². The van der Waals surface area contributed by atoms with E-state index >= 15 is 0 Å². The van der Waals surface area contributed by atoms with Gasteiger partial charge in [0.1, 0.15) is 0 Å². The highest BCUT2D eigenvalue weighted by molar-refractivity contribution is 9.09. The smallest absolute Gasteiger partial charge is 0.0202 e. The number of halogens is 1. The van der Waals surface area contributed by atoms with Crippen LogP contribution in [0.1, 0.15) is 57.8 Å². The second-order valence-electron chi connectivity index (χ2n) is 4.64. The van der Waals surface area contributed by atoms with Gasteiger partial charge in [0.2, 0.25) is 0 Å². The number of rotatable bonds is 0. The third kappa shape index (κ3) is 1.57. The zero-order valence-electron chi connectivity index (χ0n) is 7.82. The molecule has 2 saturated carbocycles. The van der Waals surface area contributed by atoms with Gasteiger partial charge in [-0.25, -0.2) is 0 Å². The van der Waals surface area contributed by atoms with Crippen LogP contribution >= 0.6 is 15.9 Å². The monoisotopic (exact) mass is 230 g/mol. The summed E-state index contributed by atoms with van der Waals surface area (Å²) in [6.07, 6.45) is 13.3.